The SMILES string of the molecule is CC(COC1CCOC1)Nc1nc2ccccc2o1. The molecule has 1 fully saturated rings. The molecule has 102 valence electrons. The zero-order valence-electron chi connectivity index (χ0n) is 11.0. The summed E-state index contributed by atoms with van der Waals surface area (Å²) in [5.41, 5.74) is 1.66. The molecule has 0 amide bonds. The van der Waals surface area contributed by atoms with Gasteiger partial charge in [0.05, 0.1) is 25.4 Å². The van der Waals surface area contributed by atoms with Crippen molar-refractivity contribution >= 4 is 17.1 Å². The molecule has 1 aromatic heterocycles. The van der Waals surface area contributed by atoms with E-state index in [1.807, 2.05) is 31.2 Å². The summed E-state index contributed by atoms with van der Waals surface area (Å²) < 4.78 is 16.6. The third kappa shape index (κ3) is 3.05. The van der Waals surface area contributed by atoms with E-state index in [9.17, 15) is 0 Å². The molecule has 5 heteroatoms. The van der Waals surface area contributed by atoms with Gasteiger partial charge in [-0.15, -0.1) is 0 Å². The second-order valence-electron chi connectivity index (χ2n) is 4.85. The van der Waals surface area contributed by atoms with Gasteiger partial charge in [0.2, 0.25) is 0 Å². The predicted octanol–water partition coefficient (Wildman–Crippen LogP) is 2.43. The molecule has 2 unspecified atom stereocenters. The van der Waals surface area contributed by atoms with Crippen molar-refractivity contribution in [3.63, 3.8) is 0 Å². The fourth-order valence-electron chi connectivity index (χ4n) is 2.11. The lowest BCUT2D eigenvalue weighted by atomic mass is 10.3. The Hall–Kier alpha value is -1.59. The van der Waals surface area contributed by atoms with Gasteiger partial charge in [-0.25, -0.2) is 0 Å². The molecule has 2 heterocycles. The number of nitrogens with one attached hydrogen (secondary N) is 1. The molecule has 0 spiro atoms. The summed E-state index contributed by atoms with van der Waals surface area (Å²) in [7, 11) is 0. The van der Waals surface area contributed by atoms with E-state index in [-0.39, 0.29) is 12.1 Å². The number of oxazole rings is 1. The highest BCUT2D eigenvalue weighted by atomic mass is 16.5. The first-order chi connectivity index (χ1) is 9.31. The lowest BCUT2D eigenvalue weighted by Gasteiger charge is -2.15. The molecule has 1 N–H and O–H groups in total. The summed E-state index contributed by atoms with van der Waals surface area (Å²) in [5.74, 6) is 0. The van der Waals surface area contributed by atoms with E-state index >= 15 is 0 Å². The van der Waals surface area contributed by atoms with Crippen molar-refractivity contribution in [1.29, 1.82) is 0 Å². The minimum atomic E-state index is 0.147. The van der Waals surface area contributed by atoms with Crippen LogP contribution in [0, 0.1) is 0 Å². The molecular weight excluding hydrogens is 244 g/mol. The Labute approximate surface area is 111 Å². The molecule has 2 atom stereocenters. The normalized spacial score (nSPS) is 20.8. The monoisotopic (exact) mass is 262 g/mol. The number of hydrogen-bond donors (Lipinski definition) is 1. The summed E-state index contributed by atoms with van der Waals surface area (Å²) in [5, 5.41) is 3.21. The number of para-hydroxylation sites is 2. The third-order valence-electron chi connectivity index (χ3n) is 3.13. The number of benzene rings is 1. The molecule has 0 aliphatic carbocycles. The van der Waals surface area contributed by atoms with Gasteiger partial charge in [0, 0.05) is 6.61 Å². The molecular formula is C14H18N2O3. The topological polar surface area (TPSA) is 56.5 Å². The largest absolute Gasteiger partial charge is 0.424 e. The van der Waals surface area contributed by atoms with Gasteiger partial charge < -0.3 is 19.2 Å². The summed E-state index contributed by atoms with van der Waals surface area (Å²) in [6.07, 6.45) is 1.21. The van der Waals surface area contributed by atoms with Gasteiger partial charge in [0.1, 0.15) is 5.52 Å². The number of ether oxygens (including phenoxy) is 2. The third-order valence-corrected chi connectivity index (χ3v) is 3.13. The summed E-state index contributed by atoms with van der Waals surface area (Å²) in [6, 6.07) is 8.41. The minimum absolute atomic E-state index is 0.147. The van der Waals surface area contributed by atoms with Crippen LogP contribution in [-0.4, -0.2) is 37.0 Å². The first-order valence-electron chi connectivity index (χ1n) is 6.63. The molecule has 1 saturated heterocycles. The summed E-state index contributed by atoms with van der Waals surface area (Å²) in [4.78, 5) is 4.37. The lowest BCUT2D eigenvalue weighted by molar-refractivity contribution is 0.0393. The second-order valence-corrected chi connectivity index (χ2v) is 4.85. The van der Waals surface area contributed by atoms with E-state index in [4.69, 9.17) is 13.9 Å². The van der Waals surface area contributed by atoms with E-state index < -0.39 is 0 Å². The maximum Gasteiger partial charge on any atom is 0.295 e. The average Bonchev–Trinajstić information content (AvgIpc) is 3.04. The molecule has 1 aromatic carbocycles. The fraction of sp³-hybridized carbons (Fsp3) is 0.500. The fourth-order valence-corrected chi connectivity index (χ4v) is 2.11. The standard InChI is InChI=1S/C14H18N2O3/c1-10(8-18-11-6-7-17-9-11)15-14-16-12-4-2-3-5-13(12)19-14/h2-5,10-11H,6-9H2,1H3,(H,15,16). The van der Waals surface area contributed by atoms with Crippen molar-refractivity contribution in [3.8, 4) is 0 Å². The van der Waals surface area contributed by atoms with E-state index in [2.05, 4.69) is 10.3 Å². The van der Waals surface area contributed by atoms with Crippen molar-refractivity contribution in [2.75, 3.05) is 25.1 Å². The van der Waals surface area contributed by atoms with Crippen LogP contribution in [-0.2, 0) is 9.47 Å². The Morgan fingerprint density at radius 2 is 2.37 bits per heavy atom. The number of nitrogens with zero attached hydrogens (tertiary/aromatic N) is 1. The van der Waals surface area contributed by atoms with Gasteiger partial charge in [0.15, 0.2) is 5.58 Å². The summed E-state index contributed by atoms with van der Waals surface area (Å²) in [6.45, 7) is 4.17. The molecule has 1 aliphatic rings. The molecule has 3 rings (SSSR count). The first-order valence-corrected chi connectivity index (χ1v) is 6.63. The Balaban J connectivity index is 1.54. The van der Waals surface area contributed by atoms with Crippen LogP contribution >= 0.6 is 0 Å². The van der Waals surface area contributed by atoms with Gasteiger partial charge in [-0.2, -0.15) is 4.98 Å². The second kappa shape index (κ2) is 5.59. The molecule has 0 radical (unpaired) electrons. The van der Waals surface area contributed by atoms with Crippen LogP contribution in [0.1, 0.15) is 13.3 Å². The zero-order valence-corrected chi connectivity index (χ0v) is 11.0. The highest BCUT2D eigenvalue weighted by Gasteiger charge is 2.17. The van der Waals surface area contributed by atoms with E-state index in [0.717, 1.165) is 24.1 Å². The van der Waals surface area contributed by atoms with Crippen molar-refractivity contribution in [2.45, 2.75) is 25.5 Å². The van der Waals surface area contributed by atoms with Gasteiger partial charge in [0.25, 0.3) is 6.01 Å². The number of aromatic nitrogens is 1. The van der Waals surface area contributed by atoms with Gasteiger partial charge >= 0.3 is 0 Å². The van der Waals surface area contributed by atoms with Gasteiger partial charge in [-0.05, 0) is 25.5 Å². The highest BCUT2D eigenvalue weighted by Crippen LogP contribution is 2.18. The average molecular weight is 262 g/mol. The molecule has 2 aromatic rings. The van der Waals surface area contributed by atoms with Crippen LogP contribution in [0.3, 0.4) is 0 Å². The molecule has 19 heavy (non-hydrogen) atoms. The first kappa shape index (κ1) is 12.4. The Bertz CT molecular complexity index is 501. The van der Waals surface area contributed by atoms with Crippen LogP contribution in [0.25, 0.3) is 11.1 Å². The highest BCUT2D eigenvalue weighted by molar-refractivity contribution is 5.74. The van der Waals surface area contributed by atoms with E-state index in [1.54, 1.807) is 0 Å². The van der Waals surface area contributed by atoms with Crippen molar-refractivity contribution < 1.29 is 13.9 Å². The van der Waals surface area contributed by atoms with Gasteiger partial charge in [-0.1, -0.05) is 12.1 Å². The number of hydrogen-bond acceptors (Lipinski definition) is 5. The van der Waals surface area contributed by atoms with E-state index in [1.165, 1.54) is 0 Å². The maximum atomic E-state index is 5.75. The molecule has 0 saturated carbocycles. The smallest absolute Gasteiger partial charge is 0.295 e. The zero-order chi connectivity index (χ0) is 13.1. The van der Waals surface area contributed by atoms with Crippen LogP contribution in [0.15, 0.2) is 28.7 Å². The van der Waals surface area contributed by atoms with Crippen molar-refractivity contribution in [2.24, 2.45) is 0 Å². The van der Waals surface area contributed by atoms with E-state index in [0.29, 0.717) is 19.2 Å². The molecule has 1 aliphatic heterocycles. The number of rotatable bonds is 5. The lowest BCUT2D eigenvalue weighted by Crippen LogP contribution is -2.26. The minimum Gasteiger partial charge on any atom is -0.424 e. The quantitative estimate of drug-likeness (QED) is 0.896. The van der Waals surface area contributed by atoms with Crippen LogP contribution < -0.4 is 5.32 Å². The number of anilines is 1. The van der Waals surface area contributed by atoms with Crippen LogP contribution in [0.4, 0.5) is 6.01 Å². The molecule has 5 nitrogen and oxygen atoms in total. The Morgan fingerprint density at radius 3 is 3.16 bits per heavy atom. The molecule has 0 bridgehead atoms. The summed E-state index contributed by atoms with van der Waals surface area (Å²) >= 11 is 0. The van der Waals surface area contributed by atoms with Gasteiger partial charge in [-0.3, -0.25) is 0 Å². The van der Waals surface area contributed by atoms with Crippen LogP contribution in [0.5, 0.6) is 0 Å². The Morgan fingerprint density at radius 1 is 1.47 bits per heavy atom. The predicted molar refractivity (Wildman–Crippen MR) is 72.3 cm³/mol. The van der Waals surface area contributed by atoms with Crippen molar-refractivity contribution in [1.82, 2.24) is 4.98 Å². The van der Waals surface area contributed by atoms with Crippen LogP contribution in [0.2, 0.25) is 0 Å². The maximum absolute atomic E-state index is 5.75. The van der Waals surface area contributed by atoms with Crippen molar-refractivity contribution in [3.05, 3.63) is 24.3 Å². The Kier molecular flexibility index (Phi) is 3.66. The number of fused-ring (bicyclic) bond motifs is 1.